The maximum absolute atomic E-state index is 12.0. The molecule has 0 amide bonds. The maximum Gasteiger partial charge on any atom is 0.394 e. The second kappa shape index (κ2) is 3.05. The van der Waals surface area contributed by atoms with Gasteiger partial charge in [-0.15, -0.1) is 0 Å². The van der Waals surface area contributed by atoms with E-state index in [0.717, 1.165) is 6.20 Å². The zero-order chi connectivity index (χ0) is 11.0. The predicted octanol–water partition coefficient (Wildman–Crippen LogP) is -0.688. The number of rotatable bonds is 1. The number of nitrogens with one attached hydrogen (secondary N) is 1. The molecule has 0 aromatic rings. The number of hydrogen-bond acceptors (Lipinski definition) is 5. The van der Waals surface area contributed by atoms with Gasteiger partial charge >= 0.3 is 6.18 Å². The Morgan fingerprint density at radius 1 is 1.43 bits per heavy atom. The molecule has 1 unspecified atom stereocenters. The van der Waals surface area contributed by atoms with Gasteiger partial charge in [0.25, 0.3) is 0 Å². The van der Waals surface area contributed by atoms with Crippen molar-refractivity contribution < 1.29 is 13.2 Å². The summed E-state index contributed by atoms with van der Waals surface area (Å²) in [4.78, 5) is 3.43. The van der Waals surface area contributed by atoms with E-state index in [4.69, 9.17) is 17.2 Å². The first-order chi connectivity index (χ1) is 6.22. The summed E-state index contributed by atoms with van der Waals surface area (Å²) in [6.07, 6.45) is -4.63. The van der Waals surface area contributed by atoms with Gasteiger partial charge in [0.2, 0.25) is 0 Å². The van der Waals surface area contributed by atoms with Crippen LogP contribution in [0.3, 0.4) is 0 Å². The molecule has 80 valence electrons. The molecule has 0 aliphatic carbocycles. The summed E-state index contributed by atoms with van der Waals surface area (Å²) in [6.45, 7) is 0. The molecule has 0 fully saturated rings. The third kappa shape index (κ3) is 2.52. The van der Waals surface area contributed by atoms with Gasteiger partial charge in [-0.05, 0) is 0 Å². The number of hydrogen-bond donors (Lipinski definition) is 4. The van der Waals surface area contributed by atoms with E-state index in [0.29, 0.717) is 0 Å². The summed E-state index contributed by atoms with van der Waals surface area (Å²) in [5, 5.41) is 2.24. The topological polar surface area (TPSA) is 102 Å². The Hall–Kier alpha value is -1.44. The van der Waals surface area contributed by atoms with Crippen molar-refractivity contribution in [3.8, 4) is 0 Å². The van der Waals surface area contributed by atoms with Gasteiger partial charge in [-0.1, -0.05) is 0 Å². The van der Waals surface area contributed by atoms with Gasteiger partial charge in [0.1, 0.15) is 12.3 Å². The lowest BCUT2D eigenvalue weighted by Crippen LogP contribution is -2.56. The SMILES string of the molecule is NC1=CNC(N)(CC(F)(F)F)N=C1N. The summed E-state index contributed by atoms with van der Waals surface area (Å²) in [5.41, 5.74) is 15.9. The minimum atomic E-state index is -4.43. The van der Waals surface area contributed by atoms with E-state index in [-0.39, 0.29) is 11.5 Å². The zero-order valence-corrected chi connectivity index (χ0v) is 7.10. The second-order valence-corrected chi connectivity index (χ2v) is 2.96. The molecule has 0 aromatic carbocycles. The normalized spacial score (nSPS) is 27.7. The van der Waals surface area contributed by atoms with Crippen LogP contribution < -0.4 is 22.5 Å². The van der Waals surface area contributed by atoms with Crippen LogP contribution in [0.4, 0.5) is 13.2 Å². The molecule has 1 aliphatic heterocycles. The Kier molecular flexibility index (Phi) is 2.32. The van der Waals surface area contributed by atoms with Gasteiger partial charge in [0, 0.05) is 6.20 Å². The lowest BCUT2D eigenvalue weighted by Gasteiger charge is -2.30. The van der Waals surface area contributed by atoms with E-state index in [9.17, 15) is 13.2 Å². The van der Waals surface area contributed by atoms with Gasteiger partial charge in [0.05, 0.1) is 5.70 Å². The fourth-order valence-corrected chi connectivity index (χ4v) is 0.985. The van der Waals surface area contributed by atoms with Crippen molar-refractivity contribution in [2.75, 3.05) is 0 Å². The van der Waals surface area contributed by atoms with Gasteiger partial charge in [-0.3, -0.25) is 5.73 Å². The van der Waals surface area contributed by atoms with Gasteiger partial charge < -0.3 is 16.8 Å². The van der Waals surface area contributed by atoms with Gasteiger partial charge in [-0.25, -0.2) is 4.99 Å². The molecule has 14 heavy (non-hydrogen) atoms. The van der Waals surface area contributed by atoms with Crippen LogP contribution >= 0.6 is 0 Å². The largest absolute Gasteiger partial charge is 0.395 e. The summed E-state index contributed by atoms with van der Waals surface area (Å²) in [5.74, 6) is -2.15. The molecule has 1 aliphatic rings. The monoisotopic (exact) mass is 209 g/mol. The number of halogens is 3. The molecule has 8 heteroatoms. The number of nitrogens with two attached hydrogens (primary N) is 3. The second-order valence-electron chi connectivity index (χ2n) is 2.96. The van der Waals surface area contributed by atoms with Crippen molar-refractivity contribution in [2.45, 2.75) is 18.4 Å². The molecular weight excluding hydrogens is 199 g/mol. The Morgan fingerprint density at radius 3 is 2.43 bits per heavy atom. The van der Waals surface area contributed by atoms with Gasteiger partial charge in [-0.2, -0.15) is 13.2 Å². The van der Waals surface area contributed by atoms with Crippen molar-refractivity contribution in [1.82, 2.24) is 5.32 Å². The maximum atomic E-state index is 12.0. The predicted molar refractivity (Wildman–Crippen MR) is 44.6 cm³/mol. The molecule has 0 aromatic heterocycles. The van der Waals surface area contributed by atoms with Crippen LogP contribution in [0.15, 0.2) is 16.9 Å². The Bertz CT molecular complexity index is 294. The van der Waals surface area contributed by atoms with Crippen molar-refractivity contribution in [3.05, 3.63) is 11.9 Å². The lowest BCUT2D eigenvalue weighted by atomic mass is 10.2. The Balaban J connectivity index is 2.80. The molecule has 0 saturated carbocycles. The molecule has 1 atom stereocenters. The highest BCUT2D eigenvalue weighted by Gasteiger charge is 2.41. The quantitative estimate of drug-likeness (QED) is 0.459. The highest BCUT2D eigenvalue weighted by atomic mass is 19.4. The fourth-order valence-electron chi connectivity index (χ4n) is 0.985. The average Bonchev–Trinajstić information content (AvgIpc) is 1.94. The highest BCUT2D eigenvalue weighted by molar-refractivity contribution is 5.96. The minimum Gasteiger partial charge on any atom is -0.395 e. The lowest BCUT2D eigenvalue weighted by molar-refractivity contribution is -0.148. The smallest absolute Gasteiger partial charge is 0.394 e. The van der Waals surface area contributed by atoms with E-state index in [1.54, 1.807) is 0 Å². The van der Waals surface area contributed by atoms with Crippen molar-refractivity contribution in [2.24, 2.45) is 22.2 Å². The minimum absolute atomic E-state index is 0.0632. The molecule has 5 nitrogen and oxygen atoms in total. The fraction of sp³-hybridized carbons (Fsp3) is 0.500. The molecule has 7 N–H and O–H groups in total. The number of amidine groups is 1. The molecular formula is C6H10F3N5. The van der Waals surface area contributed by atoms with Crippen molar-refractivity contribution in [3.63, 3.8) is 0 Å². The van der Waals surface area contributed by atoms with Crippen LogP contribution in [-0.2, 0) is 0 Å². The van der Waals surface area contributed by atoms with Crippen LogP contribution in [0, 0.1) is 0 Å². The standard InChI is InChI=1S/C6H10F3N5/c7-5(8,9)2-6(12)13-1-3(10)4(11)14-6/h1,13H,2,10,12H2,(H2,11,14). The van der Waals surface area contributed by atoms with Crippen LogP contribution in [-0.4, -0.2) is 17.8 Å². The van der Waals surface area contributed by atoms with Crippen molar-refractivity contribution in [1.29, 1.82) is 0 Å². The van der Waals surface area contributed by atoms with E-state index in [2.05, 4.69) is 10.3 Å². The van der Waals surface area contributed by atoms with Gasteiger partial charge in [0.15, 0.2) is 5.79 Å². The van der Waals surface area contributed by atoms with Crippen LogP contribution in [0.5, 0.6) is 0 Å². The first-order valence-electron chi connectivity index (χ1n) is 3.66. The molecule has 1 rings (SSSR count). The summed E-state index contributed by atoms with van der Waals surface area (Å²) in [6, 6.07) is 0. The number of alkyl halides is 3. The average molecular weight is 209 g/mol. The Morgan fingerprint density at radius 2 is 2.00 bits per heavy atom. The highest BCUT2D eigenvalue weighted by Crippen LogP contribution is 2.26. The summed E-state index contributed by atoms with van der Waals surface area (Å²) < 4.78 is 36.1. The van der Waals surface area contributed by atoms with Crippen molar-refractivity contribution >= 4 is 5.84 Å². The zero-order valence-electron chi connectivity index (χ0n) is 7.10. The van der Waals surface area contributed by atoms with E-state index in [1.165, 1.54) is 0 Å². The third-order valence-corrected chi connectivity index (χ3v) is 1.56. The first kappa shape index (κ1) is 10.6. The molecule has 0 saturated heterocycles. The van der Waals surface area contributed by atoms with Crippen LogP contribution in [0.25, 0.3) is 0 Å². The summed E-state index contributed by atoms with van der Waals surface area (Å²) >= 11 is 0. The summed E-state index contributed by atoms with van der Waals surface area (Å²) in [7, 11) is 0. The van der Waals surface area contributed by atoms with Crippen LogP contribution in [0.1, 0.15) is 6.42 Å². The molecule has 1 heterocycles. The third-order valence-electron chi connectivity index (χ3n) is 1.56. The molecule has 0 radical (unpaired) electrons. The van der Waals surface area contributed by atoms with E-state index >= 15 is 0 Å². The molecule has 0 spiro atoms. The molecule has 0 bridgehead atoms. The number of nitrogens with zero attached hydrogens (tertiary/aromatic N) is 1. The van der Waals surface area contributed by atoms with Crippen LogP contribution in [0.2, 0.25) is 0 Å². The Labute approximate surface area is 77.8 Å². The van der Waals surface area contributed by atoms with E-state index < -0.39 is 18.4 Å². The first-order valence-corrected chi connectivity index (χ1v) is 3.66. The van der Waals surface area contributed by atoms with E-state index in [1.807, 2.05) is 0 Å². The number of aliphatic imine (C=N–C) groups is 1.